The number of amides is 3. The maximum atomic E-state index is 15.4. The third-order valence-electron chi connectivity index (χ3n) is 10.2. The van der Waals surface area contributed by atoms with Crippen LogP contribution in [0.3, 0.4) is 0 Å². The molecule has 58 heavy (non-hydrogen) atoms. The van der Waals surface area contributed by atoms with Crippen LogP contribution < -0.4 is 16.0 Å². The van der Waals surface area contributed by atoms with E-state index in [1.54, 1.807) is 31.3 Å². The molecule has 0 spiro atoms. The number of rotatable bonds is 9. The monoisotopic (exact) mass is 808 g/mol. The van der Waals surface area contributed by atoms with E-state index in [9.17, 15) is 36.6 Å². The third kappa shape index (κ3) is 7.58. The summed E-state index contributed by atoms with van der Waals surface area (Å²) in [6.07, 6.45) is -3.82. The number of fused-ring (bicyclic) bond motifs is 4. The summed E-state index contributed by atoms with van der Waals surface area (Å²) < 4.78 is 104. The van der Waals surface area contributed by atoms with Crippen LogP contribution in [0.15, 0.2) is 48.5 Å². The number of nitrogens with zero attached hydrogens (tertiary/aromatic N) is 5. The topological polar surface area (TPSA) is 139 Å². The van der Waals surface area contributed by atoms with Gasteiger partial charge in [0, 0.05) is 47.2 Å². The number of anilines is 1. The highest BCUT2D eigenvalue weighted by atomic mass is 19.4. The average molecular weight is 809 g/mol. The lowest BCUT2D eigenvalue weighted by Gasteiger charge is -2.23. The molecule has 3 aliphatic carbocycles. The average Bonchev–Trinajstić information content (AvgIpc) is 4.03. The number of aliphatic hydroxyl groups is 1. The molecule has 2 saturated carbocycles. The molecular weight excluding hydrogens is 773 g/mol. The molecule has 2 aromatic carbocycles. The highest BCUT2D eigenvalue weighted by Gasteiger charge is 2.68. The van der Waals surface area contributed by atoms with Crippen LogP contribution >= 0.6 is 0 Å². The van der Waals surface area contributed by atoms with Crippen molar-refractivity contribution in [1.29, 1.82) is 0 Å². The summed E-state index contributed by atoms with van der Waals surface area (Å²) in [6.45, 7) is 1.84. The van der Waals surface area contributed by atoms with Crippen LogP contribution in [0.25, 0.3) is 22.0 Å². The molecule has 0 unspecified atom stereocenters. The van der Waals surface area contributed by atoms with Crippen molar-refractivity contribution >= 4 is 28.7 Å². The fraction of sp³-hybridized carbons (Fsp3) is 0.375. The number of carbonyl (C=O) groups excluding carboxylic acids is 2. The minimum absolute atomic E-state index is 0.0430. The van der Waals surface area contributed by atoms with Gasteiger partial charge in [-0.2, -0.15) is 32.1 Å². The van der Waals surface area contributed by atoms with Crippen LogP contribution in [-0.4, -0.2) is 53.2 Å². The van der Waals surface area contributed by atoms with Gasteiger partial charge >= 0.3 is 12.2 Å². The molecule has 8 rings (SSSR count). The minimum Gasteiger partial charge on any atom is -0.378 e. The molecule has 0 aliphatic heterocycles. The zero-order valence-corrected chi connectivity index (χ0v) is 31.1. The van der Waals surface area contributed by atoms with Gasteiger partial charge in [0.25, 0.3) is 5.92 Å². The summed E-state index contributed by atoms with van der Waals surface area (Å²) in [5.74, 6) is -3.28. The summed E-state index contributed by atoms with van der Waals surface area (Å²) >= 11 is 0. The Hall–Kier alpha value is -5.96. The predicted octanol–water partition coefficient (Wildman–Crippen LogP) is 6.84. The van der Waals surface area contributed by atoms with Gasteiger partial charge in [-0.3, -0.25) is 19.5 Å². The van der Waals surface area contributed by atoms with E-state index in [-0.39, 0.29) is 41.7 Å². The molecule has 4 N–H and O–H groups in total. The maximum Gasteiger partial charge on any atom is 0.435 e. The highest BCUT2D eigenvalue weighted by molar-refractivity contribution is 6.04. The lowest BCUT2D eigenvalue weighted by molar-refractivity contribution is -0.142. The van der Waals surface area contributed by atoms with E-state index >= 15 is 8.78 Å². The number of aryl methyl sites for hydroxylation is 1. The van der Waals surface area contributed by atoms with Gasteiger partial charge in [-0.1, -0.05) is 18.1 Å². The van der Waals surface area contributed by atoms with Crippen LogP contribution in [0.5, 0.6) is 0 Å². The summed E-state index contributed by atoms with van der Waals surface area (Å²) in [4.78, 5) is 31.4. The van der Waals surface area contributed by atoms with E-state index in [4.69, 9.17) is 4.98 Å². The normalized spacial score (nSPS) is 18.5. The predicted molar refractivity (Wildman–Crippen MR) is 195 cm³/mol. The second-order valence-corrected chi connectivity index (χ2v) is 15.4. The second-order valence-electron chi connectivity index (χ2n) is 15.4. The summed E-state index contributed by atoms with van der Waals surface area (Å²) in [7, 11) is 1.64. The van der Waals surface area contributed by atoms with Gasteiger partial charge in [0.1, 0.15) is 35.2 Å². The minimum atomic E-state index is -5.06. The molecule has 3 atom stereocenters. The van der Waals surface area contributed by atoms with Crippen molar-refractivity contribution in [3.8, 4) is 23.0 Å². The Morgan fingerprint density at radius 2 is 1.76 bits per heavy atom. The van der Waals surface area contributed by atoms with Gasteiger partial charge in [0.05, 0.1) is 17.3 Å². The molecule has 3 amide bonds. The second kappa shape index (κ2) is 13.9. The van der Waals surface area contributed by atoms with Crippen LogP contribution in [0.2, 0.25) is 0 Å². The Kier molecular flexibility index (Phi) is 9.29. The molecule has 0 saturated heterocycles. The molecule has 3 aliphatic rings. The van der Waals surface area contributed by atoms with Gasteiger partial charge in [-0.05, 0) is 87.3 Å². The van der Waals surface area contributed by atoms with E-state index in [2.05, 4.69) is 38.0 Å². The molecule has 3 aromatic heterocycles. The zero-order valence-electron chi connectivity index (χ0n) is 31.1. The van der Waals surface area contributed by atoms with Crippen LogP contribution in [-0.2, 0) is 36.9 Å². The van der Waals surface area contributed by atoms with Gasteiger partial charge in [-0.15, -0.1) is 0 Å². The fourth-order valence-electron chi connectivity index (χ4n) is 7.61. The van der Waals surface area contributed by atoms with Gasteiger partial charge in [-0.25, -0.2) is 18.6 Å². The lowest BCUT2D eigenvalue weighted by atomic mass is 9.93. The SMILES string of the molecule is Cn1nc(NC(=O)NC2CC2)c2cccc(-c3ccc(C#CC(C)(C)O)nc3[C@H](Cc3cc(F)cc(F)c3)NC(=O)Cn3nc(C(F)(F)F)c4c3C(F)(F)[C@@H]3C[C@H]43)c21. The Morgan fingerprint density at radius 3 is 2.43 bits per heavy atom. The van der Waals surface area contributed by atoms with E-state index < -0.39 is 82.6 Å². The van der Waals surface area contributed by atoms with Gasteiger partial charge in [0.2, 0.25) is 5.91 Å². The Morgan fingerprint density at radius 1 is 1.03 bits per heavy atom. The van der Waals surface area contributed by atoms with Crippen molar-refractivity contribution in [3.05, 3.63) is 94.1 Å². The number of aromatic nitrogens is 5. The Labute approximate surface area is 326 Å². The van der Waals surface area contributed by atoms with E-state index in [1.165, 1.54) is 24.6 Å². The molecule has 3 heterocycles. The molecule has 302 valence electrons. The zero-order chi connectivity index (χ0) is 41.5. The standard InChI is InChI=1S/C40H35F7N8O3/c1-38(2,58)12-11-23-9-10-24(25-5-4-6-26-33(25)54(3)53-36(26)51-37(57)49-22-7-8-22)32(48-23)29(15-19-13-20(41)16-21(42)14-19)50-30(56)18-55-35-31(34(52-55)40(45,46)47)27-17-28(27)39(35,43)44/h4-6,9-10,13-14,16,22,27-29,58H,7-8,15,17-18H2,1-3H3,(H,50,56)(H2,49,51,53,57)/t27-,28+,29-/m0/s1. The Balaban J connectivity index is 1.24. The number of alkyl halides is 5. The number of pyridine rings is 1. The van der Waals surface area contributed by atoms with Crippen molar-refractivity contribution < 1.29 is 45.4 Å². The highest BCUT2D eigenvalue weighted by Crippen LogP contribution is 2.68. The van der Waals surface area contributed by atoms with Gasteiger partial charge in [0.15, 0.2) is 11.5 Å². The largest absolute Gasteiger partial charge is 0.435 e. The number of para-hydroxylation sites is 1. The number of benzene rings is 2. The molecule has 0 radical (unpaired) electrons. The van der Waals surface area contributed by atoms with Crippen LogP contribution in [0.1, 0.15) is 79.0 Å². The van der Waals surface area contributed by atoms with Crippen molar-refractivity contribution in [2.24, 2.45) is 13.0 Å². The number of carbonyl (C=O) groups is 2. The van der Waals surface area contributed by atoms with Crippen LogP contribution in [0.4, 0.5) is 41.3 Å². The molecule has 2 fully saturated rings. The summed E-state index contributed by atoms with van der Waals surface area (Å²) in [6, 6.07) is 9.26. The van der Waals surface area contributed by atoms with Crippen LogP contribution in [0, 0.1) is 29.4 Å². The van der Waals surface area contributed by atoms with Crippen molar-refractivity contribution in [2.75, 3.05) is 5.32 Å². The smallest absolute Gasteiger partial charge is 0.378 e. The quantitative estimate of drug-likeness (QED) is 0.0951. The summed E-state index contributed by atoms with van der Waals surface area (Å²) in [5, 5.41) is 27.1. The number of nitrogens with one attached hydrogen (secondary N) is 3. The summed E-state index contributed by atoms with van der Waals surface area (Å²) in [5.41, 5.74) is -3.02. The molecule has 18 heteroatoms. The maximum absolute atomic E-state index is 15.4. The van der Waals surface area contributed by atoms with Crippen molar-refractivity contribution in [3.63, 3.8) is 0 Å². The third-order valence-corrected chi connectivity index (χ3v) is 10.2. The molecule has 11 nitrogen and oxygen atoms in total. The Bertz CT molecular complexity index is 2540. The first-order chi connectivity index (χ1) is 27.3. The van der Waals surface area contributed by atoms with Gasteiger partial charge < -0.3 is 15.7 Å². The lowest BCUT2D eigenvalue weighted by Crippen LogP contribution is -2.35. The molecule has 5 aromatic rings. The number of urea groups is 1. The number of halogens is 7. The van der Waals surface area contributed by atoms with Crippen molar-refractivity contribution in [2.45, 2.75) is 81.8 Å². The molecular formula is C40H35F7N8O3. The first kappa shape index (κ1) is 38.9. The first-order valence-corrected chi connectivity index (χ1v) is 18.4. The number of hydrogen-bond acceptors (Lipinski definition) is 6. The van der Waals surface area contributed by atoms with Crippen molar-refractivity contribution in [1.82, 2.24) is 35.2 Å². The fourth-order valence-corrected chi connectivity index (χ4v) is 7.61. The molecule has 0 bridgehead atoms. The van der Waals surface area contributed by atoms with E-state index in [0.29, 0.717) is 32.8 Å². The van der Waals surface area contributed by atoms with E-state index in [1.807, 2.05) is 0 Å². The first-order valence-electron chi connectivity index (χ1n) is 18.4. The van der Waals surface area contributed by atoms with E-state index in [0.717, 1.165) is 25.0 Å². The number of hydrogen-bond donors (Lipinski definition) is 4.